The molecule has 2 saturated heterocycles. The summed E-state index contributed by atoms with van der Waals surface area (Å²) in [7, 11) is 0. The van der Waals surface area contributed by atoms with E-state index in [0.29, 0.717) is 32.5 Å². The van der Waals surface area contributed by atoms with Gasteiger partial charge in [-0.05, 0) is 36.1 Å². The van der Waals surface area contributed by atoms with Crippen LogP contribution in [0.15, 0.2) is 54.6 Å². The molecule has 2 aromatic rings. The van der Waals surface area contributed by atoms with Gasteiger partial charge in [0.05, 0.1) is 5.41 Å². The van der Waals surface area contributed by atoms with Crippen molar-refractivity contribution in [2.45, 2.75) is 30.6 Å². The van der Waals surface area contributed by atoms with Gasteiger partial charge in [-0.15, -0.1) is 0 Å². The highest BCUT2D eigenvalue weighted by Crippen LogP contribution is 2.37. The van der Waals surface area contributed by atoms with Gasteiger partial charge in [0, 0.05) is 32.0 Å². The van der Waals surface area contributed by atoms with E-state index in [-0.39, 0.29) is 23.5 Å². The molecule has 27 heavy (non-hydrogen) atoms. The fourth-order valence-electron chi connectivity index (χ4n) is 4.36. The molecule has 2 aliphatic heterocycles. The minimum Gasteiger partial charge on any atom is -0.508 e. The number of amides is 2. The Morgan fingerprint density at radius 1 is 1.15 bits per heavy atom. The zero-order valence-electron chi connectivity index (χ0n) is 15.2. The van der Waals surface area contributed by atoms with E-state index in [9.17, 15) is 14.7 Å². The molecule has 2 aliphatic rings. The molecular weight excluding hydrogens is 340 g/mol. The quantitative estimate of drug-likeness (QED) is 0.879. The average Bonchev–Trinajstić information content (AvgIpc) is 3.19. The van der Waals surface area contributed by atoms with Gasteiger partial charge in [-0.25, -0.2) is 0 Å². The molecule has 0 spiro atoms. The number of piperidine rings is 1. The van der Waals surface area contributed by atoms with Crippen LogP contribution in [0.5, 0.6) is 5.75 Å². The van der Waals surface area contributed by atoms with Gasteiger partial charge in [0.2, 0.25) is 11.8 Å². The van der Waals surface area contributed by atoms with Crippen LogP contribution in [0.3, 0.4) is 0 Å². The number of likely N-dealkylation sites (tertiary alicyclic amines) is 1. The molecule has 140 valence electrons. The number of carbonyl (C=O) groups is 2. The van der Waals surface area contributed by atoms with Crippen molar-refractivity contribution in [3.63, 3.8) is 0 Å². The molecule has 2 fully saturated rings. The van der Waals surface area contributed by atoms with Gasteiger partial charge in [0.1, 0.15) is 5.75 Å². The maximum Gasteiger partial charge on any atom is 0.235 e. The summed E-state index contributed by atoms with van der Waals surface area (Å²) in [6.07, 6.45) is 1.78. The molecule has 0 radical (unpaired) electrons. The highest BCUT2D eigenvalue weighted by atomic mass is 16.3. The number of hydrogen-bond acceptors (Lipinski definition) is 3. The van der Waals surface area contributed by atoms with Crippen molar-refractivity contribution >= 4 is 11.8 Å². The van der Waals surface area contributed by atoms with Gasteiger partial charge >= 0.3 is 0 Å². The zero-order chi connectivity index (χ0) is 18.9. The highest BCUT2D eigenvalue weighted by molar-refractivity contribution is 5.92. The van der Waals surface area contributed by atoms with E-state index in [1.54, 1.807) is 12.1 Å². The summed E-state index contributed by atoms with van der Waals surface area (Å²) in [5.41, 5.74) is 1.34. The number of nitrogens with one attached hydrogen (secondary N) is 1. The number of aromatic hydroxyl groups is 1. The zero-order valence-corrected chi connectivity index (χ0v) is 15.2. The summed E-state index contributed by atoms with van der Waals surface area (Å²) in [5, 5.41) is 12.7. The number of rotatable bonds is 3. The monoisotopic (exact) mass is 364 g/mol. The second-order valence-corrected chi connectivity index (χ2v) is 7.56. The first-order valence-electron chi connectivity index (χ1n) is 9.49. The van der Waals surface area contributed by atoms with Gasteiger partial charge in [-0.2, -0.15) is 0 Å². The van der Waals surface area contributed by atoms with Crippen molar-refractivity contribution in [1.82, 2.24) is 10.2 Å². The Morgan fingerprint density at radius 3 is 2.67 bits per heavy atom. The van der Waals surface area contributed by atoms with Crippen molar-refractivity contribution in [2.24, 2.45) is 0 Å². The van der Waals surface area contributed by atoms with E-state index < -0.39 is 5.41 Å². The number of phenols is 1. The minimum atomic E-state index is -0.692. The normalized spacial score (nSPS) is 25.3. The van der Waals surface area contributed by atoms with Crippen molar-refractivity contribution < 1.29 is 14.7 Å². The third-order valence-electron chi connectivity index (χ3n) is 5.92. The molecule has 2 N–H and O–H groups in total. The lowest BCUT2D eigenvalue weighted by Crippen LogP contribution is -2.55. The van der Waals surface area contributed by atoms with E-state index in [1.807, 2.05) is 47.4 Å². The molecule has 2 unspecified atom stereocenters. The summed E-state index contributed by atoms with van der Waals surface area (Å²) in [6, 6.07) is 17.1. The molecule has 2 aromatic carbocycles. The molecule has 5 heteroatoms. The van der Waals surface area contributed by atoms with E-state index in [0.717, 1.165) is 17.5 Å². The summed E-state index contributed by atoms with van der Waals surface area (Å²) in [5.74, 6) is 0.588. The van der Waals surface area contributed by atoms with Crippen LogP contribution in [0.25, 0.3) is 0 Å². The number of hydrogen-bond donors (Lipinski definition) is 2. The van der Waals surface area contributed by atoms with Gasteiger partial charge in [0.15, 0.2) is 0 Å². The smallest absolute Gasteiger partial charge is 0.235 e. The van der Waals surface area contributed by atoms with Crippen molar-refractivity contribution in [1.29, 1.82) is 0 Å². The topological polar surface area (TPSA) is 69.6 Å². The second-order valence-electron chi connectivity index (χ2n) is 7.56. The third kappa shape index (κ3) is 3.29. The van der Waals surface area contributed by atoms with Crippen LogP contribution in [0.1, 0.15) is 36.3 Å². The van der Waals surface area contributed by atoms with Gasteiger partial charge in [-0.3, -0.25) is 9.59 Å². The van der Waals surface area contributed by atoms with E-state index in [4.69, 9.17) is 0 Å². The van der Waals surface area contributed by atoms with E-state index in [2.05, 4.69) is 5.32 Å². The predicted octanol–water partition coefficient (Wildman–Crippen LogP) is 2.56. The maximum atomic E-state index is 13.6. The molecule has 2 heterocycles. The van der Waals surface area contributed by atoms with Crippen LogP contribution in [-0.2, 0) is 15.0 Å². The molecule has 2 amide bonds. The van der Waals surface area contributed by atoms with E-state index >= 15 is 0 Å². The third-order valence-corrected chi connectivity index (χ3v) is 5.92. The standard InChI is InChI=1S/C22H24N2O3/c25-19-8-4-5-16(13-19)17-10-12-24(14-17)21(27)22(11-9-20(26)23-15-22)18-6-2-1-3-7-18/h1-8,13,17,25H,9-12,14-15H2,(H,23,26). The predicted molar refractivity (Wildman–Crippen MR) is 102 cm³/mol. The van der Waals surface area contributed by atoms with Crippen molar-refractivity contribution in [3.05, 3.63) is 65.7 Å². The van der Waals surface area contributed by atoms with Crippen molar-refractivity contribution in [3.8, 4) is 5.75 Å². The Bertz CT molecular complexity index is 840. The molecule has 0 bridgehead atoms. The first-order valence-corrected chi connectivity index (χ1v) is 9.49. The number of nitrogens with zero attached hydrogens (tertiary/aromatic N) is 1. The Labute approximate surface area is 159 Å². The highest BCUT2D eigenvalue weighted by Gasteiger charge is 2.46. The fraction of sp³-hybridized carbons (Fsp3) is 0.364. The summed E-state index contributed by atoms with van der Waals surface area (Å²) in [4.78, 5) is 27.3. The Hall–Kier alpha value is -2.82. The lowest BCUT2D eigenvalue weighted by atomic mass is 9.73. The molecule has 0 aliphatic carbocycles. The molecule has 2 atom stereocenters. The fourth-order valence-corrected chi connectivity index (χ4v) is 4.36. The lowest BCUT2D eigenvalue weighted by Gasteiger charge is -2.39. The van der Waals surface area contributed by atoms with Crippen LogP contribution in [0, 0.1) is 0 Å². The largest absolute Gasteiger partial charge is 0.508 e. The van der Waals surface area contributed by atoms with Crippen LogP contribution in [-0.4, -0.2) is 41.5 Å². The summed E-state index contributed by atoms with van der Waals surface area (Å²) in [6.45, 7) is 1.69. The second kappa shape index (κ2) is 7.06. The molecular formula is C22H24N2O3. The summed E-state index contributed by atoms with van der Waals surface area (Å²) < 4.78 is 0. The SMILES string of the molecule is O=C1CCC(C(=O)N2CCC(c3cccc(O)c3)C2)(c2ccccc2)CN1. The van der Waals surface area contributed by atoms with Crippen LogP contribution < -0.4 is 5.32 Å². The van der Waals surface area contributed by atoms with Gasteiger partial charge < -0.3 is 15.3 Å². The first-order chi connectivity index (χ1) is 13.1. The molecule has 5 nitrogen and oxygen atoms in total. The van der Waals surface area contributed by atoms with Gasteiger partial charge in [0.25, 0.3) is 0 Å². The summed E-state index contributed by atoms with van der Waals surface area (Å²) >= 11 is 0. The van der Waals surface area contributed by atoms with E-state index in [1.165, 1.54) is 0 Å². The number of phenolic OH excluding ortho intramolecular Hbond substituents is 1. The van der Waals surface area contributed by atoms with Crippen LogP contribution in [0.2, 0.25) is 0 Å². The first kappa shape index (κ1) is 17.6. The number of carbonyl (C=O) groups excluding carboxylic acids is 2. The molecule has 4 rings (SSSR count). The number of benzene rings is 2. The minimum absolute atomic E-state index is 0.00779. The maximum absolute atomic E-state index is 13.6. The Balaban J connectivity index is 1.58. The molecule has 0 saturated carbocycles. The molecule has 0 aromatic heterocycles. The Morgan fingerprint density at radius 2 is 1.96 bits per heavy atom. The Kier molecular flexibility index (Phi) is 4.60. The van der Waals surface area contributed by atoms with Crippen LogP contribution in [0.4, 0.5) is 0 Å². The lowest BCUT2D eigenvalue weighted by molar-refractivity contribution is -0.139. The van der Waals surface area contributed by atoms with Crippen LogP contribution >= 0.6 is 0 Å². The van der Waals surface area contributed by atoms with Gasteiger partial charge in [-0.1, -0.05) is 42.5 Å². The van der Waals surface area contributed by atoms with Crippen molar-refractivity contribution in [2.75, 3.05) is 19.6 Å². The average molecular weight is 364 g/mol.